The number of carbonyl (C=O) groups excluding carboxylic acids is 1. The van der Waals surface area contributed by atoms with Crippen LogP contribution in [-0.2, 0) is 0 Å². The van der Waals surface area contributed by atoms with Gasteiger partial charge in [0.2, 0.25) is 0 Å². The number of hydrogen-bond donors (Lipinski definition) is 1. The van der Waals surface area contributed by atoms with Crippen molar-refractivity contribution < 1.29 is 4.79 Å². The van der Waals surface area contributed by atoms with E-state index < -0.39 is 0 Å². The first kappa shape index (κ1) is 13.6. The number of pyridine rings is 1. The van der Waals surface area contributed by atoms with Gasteiger partial charge in [-0.1, -0.05) is 35.9 Å². The molecule has 0 spiro atoms. The molecule has 0 aliphatic heterocycles. The Morgan fingerprint density at radius 1 is 1.14 bits per heavy atom. The van der Waals surface area contributed by atoms with Gasteiger partial charge in [0, 0.05) is 22.2 Å². The average molecular weight is 297 g/mol. The van der Waals surface area contributed by atoms with Gasteiger partial charge in [-0.15, -0.1) is 0 Å². The van der Waals surface area contributed by atoms with Crippen molar-refractivity contribution in [2.24, 2.45) is 0 Å². The second kappa shape index (κ2) is 5.54. The van der Waals surface area contributed by atoms with Crippen molar-refractivity contribution in [1.82, 2.24) is 4.98 Å². The monoisotopic (exact) mass is 296 g/mol. The van der Waals surface area contributed by atoms with Crippen molar-refractivity contribution in [3.05, 3.63) is 70.9 Å². The number of amides is 1. The van der Waals surface area contributed by atoms with Gasteiger partial charge in [-0.2, -0.15) is 0 Å². The summed E-state index contributed by atoms with van der Waals surface area (Å²) in [5.74, 6) is -0.187. The van der Waals surface area contributed by atoms with Crippen LogP contribution in [0.4, 0.5) is 5.69 Å². The van der Waals surface area contributed by atoms with Crippen LogP contribution in [0.3, 0.4) is 0 Å². The lowest BCUT2D eigenvalue weighted by atomic mass is 10.1. The summed E-state index contributed by atoms with van der Waals surface area (Å²) in [6.07, 6.45) is 1.71. The van der Waals surface area contributed by atoms with E-state index >= 15 is 0 Å². The molecule has 0 bridgehead atoms. The molecule has 0 radical (unpaired) electrons. The maximum Gasteiger partial charge on any atom is 0.256 e. The van der Waals surface area contributed by atoms with Gasteiger partial charge in [0.05, 0.1) is 11.2 Å². The summed E-state index contributed by atoms with van der Waals surface area (Å²) in [6.45, 7) is 1.88. The van der Waals surface area contributed by atoms with E-state index in [1.807, 2.05) is 43.3 Å². The van der Waals surface area contributed by atoms with Crippen molar-refractivity contribution in [2.75, 3.05) is 5.32 Å². The molecular formula is C17H13ClN2O. The third-order valence-electron chi connectivity index (χ3n) is 3.33. The van der Waals surface area contributed by atoms with Gasteiger partial charge < -0.3 is 5.32 Å². The van der Waals surface area contributed by atoms with Crippen LogP contribution < -0.4 is 5.32 Å². The minimum Gasteiger partial charge on any atom is -0.320 e. The predicted octanol–water partition coefficient (Wildman–Crippen LogP) is 4.45. The number of carbonyl (C=O) groups is 1. The normalized spacial score (nSPS) is 10.6. The molecule has 104 valence electrons. The molecule has 3 rings (SSSR count). The summed E-state index contributed by atoms with van der Waals surface area (Å²) < 4.78 is 0. The summed E-state index contributed by atoms with van der Waals surface area (Å²) in [7, 11) is 0. The average Bonchev–Trinajstić information content (AvgIpc) is 2.50. The maximum absolute atomic E-state index is 12.4. The topological polar surface area (TPSA) is 42.0 Å². The third kappa shape index (κ3) is 2.73. The van der Waals surface area contributed by atoms with Gasteiger partial charge in [-0.05, 0) is 36.8 Å². The number of aryl methyl sites for hydroxylation is 1. The highest BCUT2D eigenvalue weighted by atomic mass is 35.5. The number of nitrogens with one attached hydrogen (secondary N) is 1. The minimum atomic E-state index is -0.187. The molecule has 3 nitrogen and oxygen atoms in total. The molecule has 0 saturated carbocycles. The fourth-order valence-corrected chi connectivity index (χ4v) is 2.41. The van der Waals surface area contributed by atoms with E-state index in [0.717, 1.165) is 16.5 Å². The zero-order valence-corrected chi connectivity index (χ0v) is 12.2. The second-order valence-electron chi connectivity index (χ2n) is 4.79. The van der Waals surface area contributed by atoms with Crippen LogP contribution in [0.25, 0.3) is 10.9 Å². The van der Waals surface area contributed by atoms with Gasteiger partial charge in [0.15, 0.2) is 0 Å². The van der Waals surface area contributed by atoms with Gasteiger partial charge in [-0.25, -0.2) is 0 Å². The van der Waals surface area contributed by atoms with E-state index in [0.29, 0.717) is 16.3 Å². The lowest BCUT2D eigenvalue weighted by molar-refractivity contribution is 0.102. The molecule has 1 aromatic heterocycles. The summed E-state index contributed by atoms with van der Waals surface area (Å²) in [5.41, 5.74) is 2.91. The molecule has 2 aromatic carbocycles. The molecule has 3 aromatic rings. The molecule has 1 amide bonds. The molecule has 1 N–H and O–H groups in total. The number of benzene rings is 2. The largest absolute Gasteiger partial charge is 0.320 e. The molecule has 0 atom stereocenters. The molecule has 0 aliphatic rings. The zero-order valence-electron chi connectivity index (χ0n) is 11.4. The lowest BCUT2D eigenvalue weighted by Crippen LogP contribution is -2.13. The van der Waals surface area contributed by atoms with Crippen molar-refractivity contribution in [2.45, 2.75) is 6.92 Å². The van der Waals surface area contributed by atoms with Crippen molar-refractivity contribution >= 4 is 34.1 Å². The quantitative estimate of drug-likeness (QED) is 0.759. The van der Waals surface area contributed by atoms with Crippen LogP contribution in [0, 0.1) is 6.92 Å². The standard InChI is InChI=1S/C17H13ClN2O/c1-11-7-8-13(18)10-14(11)17(21)20-15-6-2-4-12-5-3-9-19-16(12)15/h2-10H,1H3,(H,20,21). The van der Waals surface area contributed by atoms with Crippen LogP contribution in [0.1, 0.15) is 15.9 Å². The highest BCUT2D eigenvalue weighted by Gasteiger charge is 2.11. The van der Waals surface area contributed by atoms with Gasteiger partial charge >= 0.3 is 0 Å². The van der Waals surface area contributed by atoms with E-state index in [-0.39, 0.29) is 5.91 Å². The van der Waals surface area contributed by atoms with Crippen LogP contribution in [-0.4, -0.2) is 10.9 Å². The van der Waals surface area contributed by atoms with E-state index in [1.165, 1.54) is 0 Å². The number of hydrogen-bond acceptors (Lipinski definition) is 2. The Kier molecular flexibility index (Phi) is 3.59. The second-order valence-corrected chi connectivity index (χ2v) is 5.23. The Hall–Kier alpha value is -2.39. The maximum atomic E-state index is 12.4. The van der Waals surface area contributed by atoms with Gasteiger partial charge in [-0.3, -0.25) is 9.78 Å². The van der Waals surface area contributed by atoms with Gasteiger partial charge in [0.1, 0.15) is 0 Å². The van der Waals surface area contributed by atoms with E-state index in [1.54, 1.807) is 18.3 Å². The van der Waals surface area contributed by atoms with Crippen molar-refractivity contribution in [3.8, 4) is 0 Å². The Labute approximate surface area is 127 Å². The Morgan fingerprint density at radius 2 is 1.95 bits per heavy atom. The molecule has 21 heavy (non-hydrogen) atoms. The molecule has 0 fully saturated rings. The highest BCUT2D eigenvalue weighted by molar-refractivity contribution is 6.31. The van der Waals surface area contributed by atoms with E-state index in [4.69, 9.17) is 11.6 Å². The van der Waals surface area contributed by atoms with Gasteiger partial charge in [0.25, 0.3) is 5.91 Å². The minimum absolute atomic E-state index is 0.187. The van der Waals surface area contributed by atoms with Crippen LogP contribution >= 0.6 is 11.6 Å². The summed E-state index contributed by atoms with van der Waals surface area (Å²) in [6, 6.07) is 14.8. The Balaban J connectivity index is 1.99. The molecular weight excluding hydrogens is 284 g/mol. The number of para-hydroxylation sites is 1. The van der Waals surface area contributed by atoms with Crippen LogP contribution in [0.5, 0.6) is 0 Å². The van der Waals surface area contributed by atoms with E-state index in [9.17, 15) is 4.79 Å². The molecule has 0 unspecified atom stereocenters. The summed E-state index contributed by atoms with van der Waals surface area (Å²) in [5, 5.41) is 4.44. The number of halogens is 1. The van der Waals surface area contributed by atoms with Crippen LogP contribution in [0.15, 0.2) is 54.7 Å². The zero-order chi connectivity index (χ0) is 14.8. The number of rotatable bonds is 2. The Bertz CT molecular complexity index is 825. The van der Waals surface area contributed by atoms with Crippen molar-refractivity contribution in [3.63, 3.8) is 0 Å². The third-order valence-corrected chi connectivity index (χ3v) is 3.56. The number of anilines is 1. The van der Waals surface area contributed by atoms with E-state index in [2.05, 4.69) is 10.3 Å². The SMILES string of the molecule is Cc1ccc(Cl)cc1C(=O)Nc1cccc2cccnc12. The molecule has 0 aliphatic carbocycles. The molecule has 0 saturated heterocycles. The first-order chi connectivity index (χ1) is 10.1. The number of nitrogens with zero attached hydrogens (tertiary/aromatic N) is 1. The number of fused-ring (bicyclic) bond motifs is 1. The predicted molar refractivity (Wildman–Crippen MR) is 85.9 cm³/mol. The van der Waals surface area contributed by atoms with Crippen molar-refractivity contribution in [1.29, 1.82) is 0 Å². The summed E-state index contributed by atoms with van der Waals surface area (Å²) >= 11 is 5.97. The number of aromatic nitrogens is 1. The smallest absolute Gasteiger partial charge is 0.256 e. The fourth-order valence-electron chi connectivity index (χ4n) is 2.23. The highest BCUT2D eigenvalue weighted by Crippen LogP contribution is 2.22. The first-order valence-corrected chi connectivity index (χ1v) is 6.94. The first-order valence-electron chi connectivity index (χ1n) is 6.56. The van der Waals surface area contributed by atoms with Crippen LogP contribution in [0.2, 0.25) is 5.02 Å². The Morgan fingerprint density at radius 3 is 2.81 bits per heavy atom. The summed E-state index contributed by atoms with van der Waals surface area (Å²) in [4.78, 5) is 16.8. The molecule has 4 heteroatoms. The lowest BCUT2D eigenvalue weighted by Gasteiger charge is -2.10. The fraction of sp³-hybridized carbons (Fsp3) is 0.0588. The molecule has 1 heterocycles.